The number of aromatic nitrogens is 1. The van der Waals surface area contributed by atoms with E-state index in [-0.39, 0.29) is 18.1 Å². The van der Waals surface area contributed by atoms with Crippen LogP contribution in [0.4, 0.5) is 11.5 Å². The fourth-order valence-electron chi connectivity index (χ4n) is 1.56. The zero-order valence-corrected chi connectivity index (χ0v) is 10.2. The molecule has 0 aromatic carbocycles. The van der Waals surface area contributed by atoms with E-state index in [1.54, 1.807) is 6.07 Å². The normalized spacial score (nSPS) is 9.68. The lowest BCUT2D eigenvalue weighted by Crippen LogP contribution is -2.31. The number of anilines is 1. The third kappa shape index (κ3) is 3.64. The van der Waals surface area contributed by atoms with Crippen LogP contribution in [0.15, 0.2) is 12.1 Å². The highest BCUT2D eigenvalue weighted by atomic mass is 16.6. The number of carboxylic acids is 1. The quantitative estimate of drug-likeness (QED) is 0.604. The lowest BCUT2D eigenvalue weighted by atomic mass is 10.3. The van der Waals surface area contributed by atoms with E-state index in [0.717, 1.165) is 6.07 Å². The SMILES string of the molecule is CCCN(CC(=O)O)c1ccc([N+](=O)[O-])c(C#N)n1. The third-order valence-electron chi connectivity index (χ3n) is 2.31. The molecule has 0 aliphatic carbocycles. The second-order valence-corrected chi connectivity index (χ2v) is 3.72. The first-order chi connectivity index (χ1) is 8.99. The monoisotopic (exact) mass is 264 g/mol. The van der Waals surface area contributed by atoms with Crippen LogP contribution in [-0.4, -0.2) is 34.1 Å². The summed E-state index contributed by atoms with van der Waals surface area (Å²) < 4.78 is 0. The predicted octanol–water partition coefficient (Wildman–Crippen LogP) is 1.16. The molecule has 1 rings (SSSR count). The Balaban J connectivity index is 3.15. The molecular weight excluding hydrogens is 252 g/mol. The van der Waals surface area contributed by atoms with E-state index in [9.17, 15) is 14.9 Å². The summed E-state index contributed by atoms with van der Waals surface area (Å²) in [6, 6.07) is 4.14. The number of nitriles is 1. The minimum absolute atomic E-state index is 0.242. The summed E-state index contributed by atoms with van der Waals surface area (Å²) in [6.45, 7) is 2.02. The maximum atomic E-state index is 10.7. The van der Waals surface area contributed by atoms with Gasteiger partial charge in [-0.3, -0.25) is 14.9 Å². The molecule has 0 fully saturated rings. The highest BCUT2D eigenvalue weighted by Crippen LogP contribution is 2.20. The molecule has 0 radical (unpaired) electrons. The fourth-order valence-corrected chi connectivity index (χ4v) is 1.56. The average Bonchev–Trinajstić information content (AvgIpc) is 2.36. The fraction of sp³-hybridized carbons (Fsp3) is 0.364. The van der Waals surface area contributed by atoms with Crippen molar-refractivity contribution in [2.75, 3.05) is 18.0 Å². The third-order valence-corrected chi connectivity index (χ3v) is 2.31. The number of carbonyl (C=O) groups is 1. The van der Waals surface area contributed by atoms with Crippen LogP contribution in [0.25, 0.3) is 0 Å². The first-order valence-corrected chi connectivity index (χ1v) is 5.51. The van der Waals surface area contributed by atoms with Crippen molar-refractivity contribution >= 4 is 17.5 Å². The van der Waals surface area contributed by atoms with Crippen LogP contribution >= 0.6 is 0 Å². The van der Waals surface area contributed by atoms with E-state index in [1.807, 2.05) is 6.92 Å². The van der Waals surface area contributed by atoms with Gasteiger partial charge in [0.05, 0.1) is 4.92 Å². The van der Waals surface area contributed by atoms with Crippen molar-refractivity contribution in [1.29, 1.82) is 5.26 Å². The molecule has 0 saturated heterocycles. The van der Waals surface area contributed by atoms with Crippen molar-refractivity contribution < 1.29 is 14.8 Å². The number of hydrogen-bond acceptors (Lipinski definition) is 6. The molecule has 0 amide bonds. The van der Waals surface area contributed by atoms with Gasteiger partial charge in [0.25, 0.3) is 0 Å². The molecule has 1 heterocycles. The summed E-state index contributed by atoms with van der Waals surface area (Å²) in [5.74, 6) is -0.793. The van der Waals surface area contributed by atoms with Crippen molar-refractivity contribution in [1.82, 2.24) is 4.98 Å². The smallest absolute Gasteiger partial charge is 0.323 e. The zero-order chi connectivity index (χ0) is 14.4. The van der Waals surface area contributed by atoms with Crippen molar-refractivity contribution in [3.05, 3.63) is 27.9 Å². The summed E-state index contributed by atoms with van der Waals surface area (Å²) in [5.41, 5.74) is -0.716. The summed E-state index contributed by atoms with van der Waals surface area (Å²) in [5, 5.41) is 28.3. The van der Waals surface area contributed by atoms with Gasteiger partial charge >= 0.3 is 11.7 Å². The largest absolute Gasteiger partial charge is 0.480 e. The van der Waals surface area contributed by atoms with Crippen molar-refractivity contribution in [3.8, 4) is 6.07 Å². The Kier molecular flexibility index (Phi) is 4.76. The lowest BCUT2D eigenvalue weighted by Gasteiger charge is -2.20. The van der Waals surface area contributed by atoms with Crippen LogP contribution < -0.4 is 4.90 Å². The molecule has 8 heteroatoms. The van der Waals surface area contributed by atoms with E-state index >= 15 is 0 Å². The molecule has 0 spiro atoms. The predicted molar refractivity (Wildman–Crippen MR) is 65.7 cm³/mol. The maximum absolute atomic E-state index is 10.7. The van der Waals surface area contributed by atoms with Gasteiger partial charge in [0.15, 0.2) is 0 Å². The summed E-state index contributed by atoms with van der Waals surface area (Å²) in [6.07, 6.45) is 0.688. The van der Waals surface area contributed by atoms with Crippen molar-refractivity contribution in [3.63, 3.8) is 0 Å². The maximum Gasteiger partial charge on any atom is 0.323 e. The van der Waals surface area contributed by atoms with Gasteiger partial charge in [-0.25, -0.2) is 4.98 Å². The number of aliphatic carboxylic acids is 1. The van der Waals surface area contributed by atoms with Crippen LogP contribution in [0.1, 0.15) is 19.0 Å². The Bertz CT molecular complexity index is 538. The molecule has 100 valence electrons. The van der Waals surface area contributed by atoms with E-state index in [4.69, 9.17) is 10.4 Å². The number of pyridine rings is 1. The van der Waals surface area contributed by atoms with Crippen LogP contribution in [0.5, 0.6) is 0 Å². The molecule has 0 atom stereocenters. The van der Waals surface area contributed by atoms with Crippen molar-refractivity contribution in [2.24, 2.45) is 0 Å². The standard InChI is InChI=1S/C11H12N4O4/c1-2-5-14(7-11(16)17)10-4-3-9(15(18)19)8(6-12)13-10/h3-4H,2,5,7H2,1H3,(H,16,17). The number of rotatable bonds is 6. The summed E-state index contributed by atoms with van der Waals surface area (Å²) in [4.78, 5) is 26.0. The highest BCUT2D eigenvalue weighted by Gasteiger charge is 2.18. The van der Waals surface area contributed by atoms with Gasteiger partial charge in [0.2, 0.25) is 5.69 Å². The van der Waals surface area contributed by atoms with Gasteiger partial charge in [0.1, 0.15) is 18.4 Å². The van der Waals surface area contributed by atoms with Gasteiger partial charge in [-0.05, 0) is 12.5 Å². The molecule has 1 aromatic rings. The van der Waals surface area contributed by atoms with Gasteiger partial charge in [-0.15, -0.1) is 0 Å². The van der Waals surface area contributed by atoms with Gasteiger partial charge in [-0.1, -0.05) is 6.92 Å². The molecule has 0 bridgehead atoms. The second kappa shape index (κ2) is 6.30. The van der Waals surface area contributed by atoms with Crippen LogP contribution in [-0.2, 0) is 4.79 Å². The average molecular weight is 264 g/mol. The first kappa shape index (κ1) is 14.4. The summed E-state index contributed by atoms with van der Waals surface area (Å²) >= 11 is 0. The summed E-state index contributed by atoms with van der Waals surface area (Å²) in [7, 11) is 0. The molecular formula is C11H12N4O4. The number of nitro groups is 1. The van der Waals surface area contributed by atoms with E-state index in [0.29, 0.717) is 13.0 Å². The zero-order valence-electron chi connectivity index (χ0n) is 10.2. The Labute approximate surface area is 109 Å². The minimum atomic E-state index is -1.04. The molecule has 1 aromatic heterocycles. The molecule has 0 saturated carbocycles. The van der Waals surface area contributed by atoms with E-state index < -0.39 is 16.6 Å². The molecule has 0 unspecified atom stereocenters. The van der Waals surface area contributed by atoms with Gasteiger partial charge in [0, 0.05) is 12.6 Å². The van der Waals surface area contributed by atoms with E-state index in [1.165, 1.54) is 11.0 Å². The first-order valence-electron chi connectivity index (χ1n) is 5.51. The number of hydrogen-bond donors (Lipinski definition) is 1. The number of nitrogens with zero attached hydrogens (tertiary/aromatic N) is 4. The Morgan fingerprint density at radius 3 is 2.79 bits per heavy atom. The number of carboxylic acid groups (broad SMARTS) is 1. The highest BCUT2D eigenvalue weighted by molar-refractivity contribution is 5.73. The van der Waals surface area contributed by atoms with Crippen LogP contribution in [0, 0.1) is 21.4 Å². The van der Waals surface area contributed by atoms with Crippen LogP contribution in [0.3, 0.4) is 0 Å². The Morgan fingerprint density at radius 1 is 1.63 bits per heavy atom. The molecule has 8 nitrogen and oxygen atoms in total. The topological polar surface area (TPSA) is 120 Å². The second-order valence-electron chi connectivity index (χ2n) is 3.72. The Morgan fingerprint density at radius 2 is 2.32 bits per heavy atom. The van der Waals surface area contributed by atoms with Gasteiger partial charge in [-0.2, -0.15) is 5.26 Å². The van der Waals surface area contributed by atoms with Crippen LogP contribution in [0.2, 0.25) is 0 Å². The lowest BCUT2D eigenvalue weighted by molar-refractivity contribution is -0.385. The molecule has 0 aliphatic heterocycles. The molecule has 19 heavy (non-hydrogen) atoms. The van der Waals surface area contributed by atoms with Gasteiger partial charge < -0.3 is 10.0 Å². The minimum Gasteiger partial charge on any atom is -0.480 e. The Hall–Kier alpha value is -2.69. The molecule has 0 aliphatic rings. The van der Waals surface area contributed by atoms with Crippen molar-refractivity contribution in [2.45, 2.75) is 13.3 Å². The van der Waals surface area contributed by atoms with E-state index in [2.05, 4.69) is 4.98 Å². The molecule has 1 N–H and O–H groups in total.